The van der Waals surface area contributed by atoms with Gasteiger partial charge in [-0.15, -0.1) is 0 Å². The molecule has 0 saturated heterocycles. The van der Waals surface area contributed by atoms with Crippen molar-refractivity contribution in [2.45, 2.75) is 12.1 Å². The van der Waals surface area contributed by atoms with Crippen molar-refractivity contribution in [1.29, 1.82) is 0 Å². The van der Waals surface area contributed by atoms with Gasteiger partial charge in [-0.05, 0) is 35.9 Å². The van der Waals surface area contributed by atoms with Gasteiger partial charge < -0.3 is 19.5 Å². The molecular weight excluding hydrogens is 452 g/mol. The van der Waals surface area contributed by atoms with Crippen LogP contribution in [0.4, 0.5) is 5.95 Å². The number of nitrogens with zero attached hydrogens (tertiary/aromatic N) is 3. The summed E-state index contributed by atoms with van der Waals surface area (Å²) < 4.78 is 19.6. The molecule has 0 saturated carbocycles. The van der Waals surface area contributed by atoms with Gasteiger partial charge in [-0.1, -0.05) is 48.0 Å². The maximum Gasteiger partial charge on any atom is 0.226 e. The van der Waals surface area contributed by atoms with Crippen molar-refractivity contribution in [3.05, 3.63) is 100 Å². The van der Waals surface area contributed by atoms with Gasteiger partial charge in [-0.3, -0.25) is 0 Å². The van der Waals surface area contributed by atoms with E-state index in [0.29, 0.717) is 22.5 Å². The Kier molecular flexibility index (Phi) is 4.92. The summed E-state index contributed by atoms with van der Waals surface area (Å²) in [7, 11) is 3.25. The molecule has 34 heavy (non-hydrogen) atoms. The second-order valence-electron chi connectivity index (χ2n) is 8.05. The van der Waals surface area contributed by atoms with Crippen molar-refractivity contribution in [1.82, 2.24) is 14.8 Å². The molecule has 2 aliphatic heterocycles. The van der Waals surface area contributed by atoms with Crippen LogP contribution in [0.1, 0.15) is 28.8 Å². The topological polar surface area (TPSA) is 70.4 Å². The number of nitrogens with one attached hydrogen (secondary N) is 1. The third kappa shape index (κ3) is 3.20. The first-order valence-electron chi connectivity index (χ1n) is 10.8. The molecule has 3 aromatic carbocycles. The monoisotopic (exact) mass is 472 g/mol. The summed E-state index contributed by atoms with van der Waals surface area (Å²) in [4.78, 5) is 4.46. The van der Waals surface area contributed by atoms with E-state index < -0.39 is 6.10 Å². The number of halogens is 1. The Morgan fingerprint density at radius 1 is 0.941 bits per heavy atom. The van der Waals surface area contributed by atoms with E-state index in [2.05, 4.69) is 27.5 Å². The lowest BCUT2D eigenvalue weighted by Gasteiger charge is -2.39. The third-order valence-corrected chi connectivity index (χ3v) is 6.44. The first-order chi connectivity index (χ1) is 16.7. The van der Waals surface area contributed by atoms with Gasteiger partial charge in [0.05, 0.1) is 19.9 Å². The van der Waals surface area contributed by atoms with E-state index >= 15 is 0 Å². The number of fused-ring (bicyclic) bond motifs is 3. The number of ether oxygens (including phenoxy) is 3. The molecular formula is C26H21ClN4O3. The Morgan fingerprint density at radius 3 is 2.56 bits per heavy atom. The smallest absolute Gasteiger partial charge is 0.226 e. The lowest BCUT2D eigenvalue weighted by Crippen LogP contribution is -2.32. The maximum atomic E-state index is 6.64. The van der Waals surface area contributed by atoms with Gasteiger partial charge in [0.25, 0.3) is 0 Å². The van der Waals surface area contributed by atoms with Crippen LogP contribution in [0.15, 0.2) is 78.6 Å². The fraction of sp³-hybridized carbons (Fsp3) is 0.154. The Hall–Kier alpha value is -3.97. The van der Waals surface area contributed by atoms with Crippen molar-refractivity contribution in [3.8, 4) is 17.2 Å². The molecule has 2 unspecified atom stereocenters. The second-order valence-corrected chi connectivity index (χ2v) is 8.49. The van der Waals surface area contributed by atoms with E-state index in [4.69, 9.17) is 25.8 Å². The molecule has 8 heteroatoms. The highest BCUT2D eigenvalue weighted by atomic mass is 35.5. The first kappa shape index (κ1) is 20.6. The minimum Gasteiger partial charge on any atom is -0.493 e. The van der Waals surface area contributed by atoms with Crippen LogP contribution in [0, 0.1) is 0 Å². The van der Waals surface area contributed by atoms with Gasteiger partial charge in [-0.25, -0.2) is 4.68 Å². The fourth-order valence-electron chi connectivity index (χ4n) is 4.69. The molecule has 0 amide bonds. The molecule has 0 radical (unpaired) electrons. The third-order valence-electron chi connectivity index (χ3n) is 6.20. The number of benzene rings is 3. The van der Waals surface area contributed by atoms with Crippen LogP contribution in [0.5, 0.6) is 17.2 Å². The molecule has 170 valence electrons. The normalized spacial score (nSPS) is 18.2. The molecule has 7 nitrogen and oxygen atoms in total. The van der Waals surface area contributed by atoms with E-state index in [0.717, 1.165) is 33.7 Å². The molecule has 4 aromatic rings. The Labute approximate surface area is 201 Å². The molecule has 3 heterocycles. The number of rotatable bonds is 4. The quantitative estimate of drug-likeness (QED) is 0.422. The van der Waals surface area contributed by atoms with Crippen LogP contribution in [0.3, 0.4) is 0 Å². The highest BCUT2D eigenvalue weighted by Crippen LogP contribution is 2.51. The summed E-state index contributed by atoms with van der Waals surface area (Å²) >= 11 is 6.40. The van der Waals surface area contributed by atoms with Crippen LogP contribution < -0.4 is 19.5 Å². The Morgan fingerprint density at radius 2 is 1.76 bits per heavy atom. The van der Waals surface area contributed by atoms with Gasteiger partial charge in [0.1, 0.15) is 24.2 Å². The minimum atomic E-state index is -0.418. The van der Waals surface area contributed by atoms with Crippen molar-refractivity contribution in [3.63, 3.8) is 0 Å². The summed E-state index contributed by atoms with van der Waals surface area (Å²) in [5, 5.41) is 8.67. The number of aromatic nitrogens is 3. The number of anilines is 1. The molecule has 0 spiro atoms. The molecule has 6 rings (SSSR count). The van der Waals surface area contributed by atoms with Crippen molar-refractivity contribution in [2.24, 2.45) is 0 Å². The number of hydrogen-bond acceptors (Lipinski definition) is 6. The highest BCUT2D eigenvalue weighted by Gasteiger charge is 2.41. The Bertz CT molecular complexity index is 1420. The first-order valence-corrected chi connectivity index (χ1v) is 11.2. The number of methoxy groups -OCH3 is 2. The van der Waals surface area contributed by atoms with Crippen molar-refractivity contribution >= 4 is 23.2 Å². The van der Waals surface area contributed by atoms with E-state index in [1.54, 1.807) is 20.5 Å². The molecule has 1 aromatic heterocycles. The van der Waals surface area contributed by atoms with Gasteiger partial charge in [0.2, 0.25) is 5.95 Å². The van der Waals surface area contributed by atoms with Gasteiger partial charge in [0.15, 0.2) is 11.5 Å². The zero-order valence-corrected chi connectivity index (χ0v) is 19.3. The van der Waals surface area contributed by atoms with Gasteiger partial charge in [0, 0.05) is 21.7 Å². The zero-order valence-electron chi connectivity index (χ0n) is 18.5. The van der Waals surface area contributed by atoms with Crippen LogP contribution in [-0.2, 0) is 0 Å². The average Bonchev–Trinajstić information content (AvgIpc) is 3.35. The molecule has 0 fully saturated rings. The van der Waals surface area contributed by atoms with E-state index in [9.17, 15) is 0 Å². The van der Waals surface area contributed by atoms with E-state index in [-0.39, 0.29) is 6.04 Å². The zero-order chi connectivity index (χ0) is 23.2. The molecule has 1 N–H and O–H groups in total. The Balaban J connectivity index is 1.62. The predicted molar refractivity (Wildman–Crippen MR) is 130 cm³/mol. The summed E-state index contributed by atoms with van der Waals surface area (Å²) in [6.45, 7) is 0. The van der Waals surface area contributed by atoms with Crippen molar-refractivity contribution in [2.75, 3.05) is 19.5 Å². The molecule has 2 aliphatic rings. The van der Waals surface area contributed by atoms with Crippen LogP contribution in [0.25, 0.3) is 5.70 Å². The van der Waals surface area contributed by atoms with Gasteiger partial charge in [-0.2, -0.15) is 10.1 Å². The number of hydrogen-bond donors (Lipinski definition) is 1. The molecule has 0 bridgehead atoms. The second kappa shape index (κ2) is 8.11. The highest BCUT2D eigenvalue weighted by molar-refractivity contribution is 6.30. The average molecular weight is 473 g/mol. The lowest BCUT2D eigenvalue weighted by atomic mass is 9.84. The lowest BCUT2D eigenvalue weighted by molar-refractivity contribution is 0.222. The molecule has 2 atom stereocenters. The predicted octanol–water partition coefficient (Wildman–Crippen LogP) is 5.51. The summed E-state index contributed by atoms with van der Waals surface area (Å²) in [6.07, 6.45) is 1.14. The van der Waals surface area contributed by atoms with Crippen LogP contribution in [-0.4, -0.2) is 29.0 Å². The fourth-order valence-corrected chi connectivity index (χ4v) is 4.86. The van der Waals surface area contributed by atoms with E-state index in [1.165, 1.54) is 0 Å². The summed E-state index contributed by atoms with van der Waals surface area (Å²) in [6, 6.07) is 21.5. The standard InChI is InChI=1S/C26H21ClN4O3/c1-32-20-10-8-16(12-21(20)33-2)25-22-23(18-13-17(27)9-11-19(18)34-25)30-26-28-14-29-31(26)24(22)15-6-4-3-5-7-15/h3-14,24-25H,1-2H3,(H,28,29,30). The maximum absolute atomic E-state index is 6.64. The SMILES string of the molecule is COc1ccc(C2Oc3ccc(Cl)cc3C3=C2C(c2ccccc2)n2ncnc2N3)cc1OC. The molecule has 0 aliphatic carbocycles. The van der Waals surface area contributed by atoms with Crippen LogP contribution >= 0.6 is 11.6 Å². The summed E-state index contributed by atoms with van der Waals surface area (Å²) in [5.74, 6) is 2.68. The van der Waals surface area contributed by atoms with E-state index in [1.807, 2.05) is 59.3 Å². The van der Waals surface area contributed by atoms with Crippen molar-refractivity contribution < 1.29 is 14.2 Å². The minimum absolute atomic E-state index is 0.236. The largest absolute Gasteiger partial charge is 0.493 e. The summed E-state index contributed by atoms with van der Waals surface area (Å²) in [5.41, 5.74) is 4.80. The van der Waals surface area contributed by atoms with Crippen LogP contribution in [0.2, 0.25) is 5.02 Å². The van der Waals surface area contributed by atoms with Gasteiger partial charge >= 0.3 is 0 Å².